The summed E-state index contributed by atoms with van der Waals surface area (Å²) in [6, 6.07) is 5.84. The highest BCUT2D eigenvalue weighted by molar-refractivity contribution is 4.89. The minimum atomic E-state index is 0.00347. The monoisotopic (exact) mass is 108 g/mol. The van der Waals surface area contributed by atoms with Crippen molar-refractivity contribution in [1.29, 1.82) is 0 Å². The lowest BCUT2D eigenvalue weighted by atomic mass is 10.5. The van der Waals surface area contributed by atoms with Gasteiger partial charge in [-0.15, -0.1) is 0 Å². The van der Waals surface area contributed by atoms with Gasteiger partial charge in [0.05, 0.1) is 0 Å². The first-order chi connectivity index (χ1) is 3.80. The van der Waals surface area contributed by atoms with E-state index in [0.717, 1.165) is 0 Å². The Morgan fingerprint density at radius 2 is 2.50 bits per heavy atom. The molecular formula is C6H6NO. The highest BCUT2D eigenvalue weighted by Crippen LogP contribution is 1.71. The Kier molecular flexibility index (Phi) is 1.16. The third kappa shape index (κ3) is 0.780. The van der Waals surface area contributed by atoms with E-state index in [1.807, 2.05) is 0 Å². The van der Waals surface area contributed by atoms with Gasteiger partial charge in [-0.3, -0.25) is 4.79 Å². The molecule has 0 saturated heterocycles. The molecule has 41 valence electrons. The predicted octanol–water partition coefficient (Wildman–Crippen LogP) is 0.185. The van der Waals surface area contributed by atoms with Crippen LogP contribution in [-0.4, -0.2) is 4.57 Å². The normalized spacial score (nSPS) is 9.12. The van der Waals surface area contributed by atoms with E-state index in [9.17, 15) is 4.79 Å². The Morgan fingerprint density at radius 3 is 2.88 bits per heavy atom. The molecule has 1 aromatic heterocycles. The number of aryl methyl sites for hydroxylation is 1. The van der Waals surface area contributed by atoms with Crippen LogP contribution in [0.1, 0.15) is 0 Å². The molecule has 0 aliphatic heterocycles. The third-order valence-electron chi connectivity index (χ3n) is 0.938. The number of pyridine rings is 1. The number of rotatable bonds is 0. The molecular weight excluding hydrogens is 102 g/mol. The molecule has 0 spiro atoms. The highest BCUT2D eigenvalue weighted by atomic mass is 16.1. The van der Waals surface area contributed by atoms with Gasteiger partial charge in [0.2, 0.25) is 5.56 Å². The molecule has 1 aromatic rings. The van der Waals surface area contributed by atoms with Crippen LogP contribution in [-0.2, 0) is 7.05 Å². The maximum atomic E-state index is 10.6. The molecule has 2 nitrogen and oxygen atoms in total. The molecule has 0 bridgehead atoms. The van der Waals surface area contributed by atoms with E-state index < -0.39 is 0 Å². The molecule has 0 fully saturated rings. The zero-order valence-corrected chi connectivity index (χ0v) is 4.59. The Morgan fingerprint density at radius 1 is 1.75 bits per heavy atom. The summed E-state index contributed by atoms with van der Waals surface area (Å²) in [5.74, 6) is 0. The minimum Gasteiger partial charge on any atom is -0.318 e. The second-order valence-corrected chi connectivity index (χ2v) is 1.58. The van der Waals surface area contributed by atoms with Gasteiger partial charge in [-0.05, 0) is 12.1 Å². The summed E-state index contributed by atoms with van der Waals surface area (Å²) in [5.41, 5.74) is 0.00347. The number of hydrogen-bond acceptors (Lipinski definition) is 1. The van der Waals surface area contributed by atoms with Crippen LogP contribution in [0.15, 0.2) is 23.1 Å². The van der Waals surface area contributed by atoms with E-state index in [1.165, 1.54) is 10.6 Å². The molecule has 0 aromatic carbocycles. The summed E-state index contributed by atoms with van der Waals surface area (Å²) in [6.45, 7) is 0. The van der Waals surface area contributed by atoms with E-state index in [1.54, 1.807) is 19.3 Å². The largest absolute Gasteiger partial charge is 0.318 e. The number of hydrogen-bond donors (Lipinski definition) is 0. The van der Waals surface area contributed by atoms with Gasteiger partial charge in [0.15, 0.2) is 0 Å². The maximum absolute atomic E-state index is 10.6. The smallest absolute Gasteiger partial charge is 0.250 e. The van der Waals surface area contributed by atoms with Gasteiger partial charge in [0.25, 0.3) is 0 Å². The molecule has 0 N–H and O–H groups in total. The van der Waals surface area contributed by atoms with E-state index in [-0.39, 0.29) is 5.56 Å². The Hall–Kier alpha value is -1.05. The summed E-state index contributed by atoms with van der Waals surface area (Å²) in [6.07, 6.45) is 1.60. The molecule has 2 heteroatoms. The van der Waals surface area contributed by atoms with Crippen molar-refractivity contribution < 1.29 is 0 Å². The van der Waals surface area contributed by atoms with Crippen LogP contribution in [0.3, 0.4) is 0 Å². The van der Waals surface area contributed by atoms with E-state index >= 15 is 0 Å². The minimum absolute atomic E-state index is 0.00347. The van der Waals surface area contributed by atoms with Crippen molar-refractivity contribution in [3.8, 4) is 0 Å². The average Bonchev–Trinajstić information content (AvgIpc) is 1.77. The lowest BCUT2D eigenvalue weighted by molar-refractivity contribution is 0.859. The lowest BCUT2D eigenvalue weighted by Gasteiger charge is -1.88. The van der Waals surface area contributed by atoms with Crippen LogP contribution in [0.2, 0.25) is 0 Å². The van der Waals surface area contributed by atoms with Crippen molar-refractivity contribution in [2.45, 2.75) is 0 Å². The molecule has 0 atom stereocenters. The molecule has 0 saturated carbocycles. The van der Waals surface area contributed by atoms with Crippen LogP contribution in [0.25, 0.3) is 0 Å². The lowest BCUT2D eigenvalue weighted by Crippen LogP contribution is -2.12. The van der Waals surface area contributed by atoms with Crippen molar-refractivity contribution in [3.05, 3.63) is 34.7 Å². The van der Waals surface area contributed by atoms with Gasteiger partial charge < -0.3 is 4.57 Å². The van der Waals surface area contributed by atoms with Crippen LogP contribution >= 0.6 is 0 Å². The highest BCUT2D eigenvalue weighted by Gasteiger charge is 1.80. The number of aromatic nitrogens is 1. The van der Waals surface area contributed by atoms with E-state index in [0.29, 0.717) is 0 Å². The first kappa shape index (κ1) is 5.09. The second-order valence-electron chi connectivity index (χ2n) is 1.58. The maximum Gasteiger partial charge on any atom is 0.250 e. The van der Waals surface area contributed by atoms with Crippen LogP contribution in [0, 0.1) is 6.07 Å². The molecule has 1 rings (SSSR count). The van der Waals surface area contributed by atoms with Gasteiger partial charge in [0, 0.05) is 19.3 Å². The van der Waals surface area contributed by atoms with E-state index in [2.05, 4.69) is 6.07 Å². The summed E-state index contributed by atoms with van der Waals surface area (Å²) >= 11 is 0. The zero-order chi connectivity index (χ0) is 5.98. The van der Waals surface area contributed by atoms with Crippen LogP contribution < -0.4 is 5.56 Å². The van der Waals surface area contributed by atoms with Gasteiger partial charge in [-0.25, -0.2) is 0 Å². The summed E-state index contributed by atoms with van der Waals surface area (Å²) < 4.78 is 1.47. The zero-order valence-electron chi connectivity index (χ0n) is 4.59. The quantitative estimate of drug-likeness (QED) is 0.465. The Balaban J connectivity index is 3.35. The summed E-state index contributed by atoms with van der Waals surface area (Å²) in [5, 5.41) is 0. The molecule has 0 amide bonds. The van der Waals surface area contributed by atoms with Gasteiger partial charge in [-0.1, -0.05) is 0 Å². The molecule has 0 aliphatic carbocycles. The SMILES string of the molecule is Cn1c[c]ccc1=O. The van der Waals surface area contributed by atoms with Crippen LogP contribution in [0.4, 0.5) is 0 Å². The van der Waals surface area contributed by atoms with Crippen molar-refractivity contribution in [3.63, 3.8) is 0 Å². The van der Waals surface area contributed by atoms with E-state index in [4.69, 9.17) is 0 Å². The summed E-state index contributed by atoms with van der Waals surface area (Å²) in [4.78, 5) is 10.6. The van der Waals surface area contributed by atoms with Crippen molar-refractivity contribution in [2.75, 3.05) is 0 Å². The standard InChI is InChI=1S/C6H6NO/c1-7-5-3-2-4-6(7)8/h2,4-5H,1H3. The average molecular weight is 108 g/mol. The molecule has 0 aliphatic rings. The van der Waals surface area contributed by atoms with Gasteiger partial charge >= 0.3 is 0 Å². The summed E-state index contributed by atoms with van der Waals surface area (Å²) in [7, 11) is 1.69. The second kappa shape index (κ2) is 1.82. The Labute approximate surface area is 47.4 Å². The van der Waals surface area contributed by atoms with Crippen molar-refractivity contribution in [1.82, 2.24) is 4.57 Å². The first-order valence-electron chi connectivity index (χ1n) is 2.33. The fourth-order valence-corrected chi connectivity index (χ4v) is 0.455. The van der Waals surface area contributed by atoms with Crippen molar-refractivity contribution >= 4 is 0 Å². The Bertz CT molecular complexity index is 226. The fourth-order valence-electron chi connectivity index (χ4n) is 0.455. The third-order valence-corrected chi connectivity index (χ3v) is 0.938. The molecule has 1 heterocycles. The predicted molar refractivity (Wildman–Crippen MR) is 30.5 cm³/mol. The topological polar surface area (TPSA) is 22.0 Å². The fraction of sp³-hybridized carbons (Fsp3) is 0.167. The van der Waals surface area contributed by atoms with Crippen molar-refractivity contribution in [2.24, 2.45) is 7.05 Å². The molecule has 0 unspecified atom stereocenters. The molecule has 1 radical (unpaired) electrons. The first-order valence-corrected chi connectivity index (χ1v) is 2.33. The van der Waals surface area contributed by atoms with Gasteiger partial charge in [0.1, 0.15) is 0 Å². The van der Waals surface area contributed by atoms with Gasteiger partial charge in [-0.2, -0.15) is 0 Å². The molecule has 8 heavy (non-hydrogen) atoms. The number of nitrogens with zero attached hydrogens (tertiary/aromatic N) is 1. The van der Waals surface area contributed by atoms with Crippen LogP contribution in [0.5, 0.6) is 0 Å².